The molecule has 1 rings (SSSR count). The molecular formula is C13H15NO2. The number of hydrogen-bond acceptors (Lipinski definition) is 3. The van der Waals surface area contributed by atoms with Crippen LogP contribution in [0, 0.1) is 12.3 Å². The first-order chi connectivity index (χ1) is 7.79. The quantitative estimate of drug-likeness (QED) is 0.457. The summed E-state index contributed by atoms with van der Waals surface area (Å²) < 4.78 is 4.77. The Bertz CT molecular complexity index is 367. The van der Waals surface area contributed by atoms with E-state index in [4.69, 9.17) is 11.2 Å². The molecule has 1 aromatic carbocycles. The summed E-state index contributed by atoms with van der Waals surface area (Å²) in [5, 5.41) is 3.01. The van der Waals surface area contributed by atoms with E-state index in [-0.39, 0.29) is 11.9 Å². The number of terminal acetylenes is 1. The zero-order chi connectivity index (χ0) is 11.8. The van der Waals surface area contributed by atoms with Gasteiger partial charge in [0.25, 0.3) is 0 Å². The van der Waals surface area contributed by atoms with E-state index in [1.165, 1.54) is 7.11 Å². The molecule has 0 amide bonds. The van der Waals surface area contributed by atoms with Crippen LogP contribution in [0.15, 0.2) is 30.3 Å². The van der Waals surface area contributed by atoms with Crippen LogP contribution in [0.5, 0.6) is 0 Å². The zero-order valence-electron chi connectivity index (χ0n) is 9.27. The molecule has 84 valence electrons. The minimum absolute atomic E-state index is 0.254. The average molecular weight is 217 g/mol. The Kier molecular flexibility index (Phi) is 5.10. The molecule has 3 nitrogen and oxygen atoms in total. The van der Waals surface area contributed by atoms with Crippen LogP contribution >= 0.6 is 0 Å². The molecule has 16 heavy (non-hydrogen) atoms. The van der Waals surface area contributed by atoms with Gasteiger partial charge in [0.1, 0.15) is 0 Å². The van der Waals surface area contributed by atoms with E-state index in [2.05, 4.69) is 11.2 Å². The van der Waals surface area contributed by atoms with Gasteiger partial charge in [0.05, 0.1) is 19.6 Å². The first-order valence-electron chi connectivity index (χ1n) is 5.06. The maximum Gasteiger partial charge on any atom is 0.314 e. The van der Waals surface area contributed by atoms with Crippen molar-refractivity contribution >= 4 is 5.97 Å². The van der Waals surface area contributed by atoms with Crippen LogP contribution < -0.4 is 5.32 Å². The van der Waals surface area contributed by atoms with E-state index in [9.17, 15) is 4.79 Å². The minimum atomic E-state index is -0.306. The Labute approximate surface area is 95.8 Å². The maximum absolute atomic E-state index is 11.6. The number of ether oxygens (including phenoxy) is 1. The minimum Gasteiger partial charge on any atom is -0.469 e. The summed E-state index contributed by atoms with van der Waals surface area (Å²) >= 11 is 0. The summed E-state index contributed by atoms with van der Waals surface area (Å²) in [6.45, 7) is 0.932. The molecule has 3 heteroatoms. The fraction of sp³-hybridized carbons (Fsp3) is 0.308. The third-order valence-corrected chi connectivity index (χ3v) is 2.26. The van der Waals surface area contributed by atoms with Crippen LogP contribution in [-0.4, -0.2) is 26.2 Å². The molecule has 0 fully saturated rings. The van der Waals surface area contributed by atoms with Crippen LogP contribution in [0.4, 0.5) is 0 Å². The Morgan fingerprint density at radius 1 is 1.50 bits per heavy atom. The highest BCUT2D eigenvalue weighted by Crippen LogP contribution is 2.15. The molecule has 0 saturated heterocycles. The number of esters is 1. The Hall–Kier alpha value is -1.79. The third-order valence-electron chi connectivity index (χ3n) is 2.26. The van der Waals surface area contributed by atoms with Gasteiger partial charge in [-0.1, -0.05) is 36.3 Å². The highest BCUT2D eigenvalue weighted by atomic mass is 16.5. The predicted molar refractivity (Wildman–Crippen MR) is 62.9 cm³/mol. The molecule has 1 unspecified atom stereocenters. The van der Waals surface area contributed by atoms with Gasteiger partial charge in [0.2, 0.25) is 0 Å². The number of methoxy groups -OCH3 is 1. The summed E-state index contributed by atoms with van der Waals surface area (Å²) in [5.41, 5.74) is 0.930. The largest absolute Gasteiger partial charge is 0.469 e. The number of carbonyl (C=O) groups is 1. The van der Waals surface area contributed by atoms with Crippen molar-refractivity contribution in [2.75, 3.05) is 20.2 Å². The van der Waals surface area contributed by atoms with Crippen LogP contribution in [0.2, 0.25) is 0 Å². The number of carbonyl (C=O) groups excluding carboxylic acids is 1. The molecule has 0 radical (unpaired) electrons. The van der Waals surface area contributed by atoms with Crippen molar-refractivity contribution < 1.29 is 9.53 Å². The second kappa shape index (κ2) is 6.65. The van der Waals surface area contributed by atoms with Crippen molar-refractivity contribution in [3.8, 4) is 12.3 Å². The summed E-state index contributed by atoms with van der Waals surface area (Å²) in [7, 11) is 1.39. The van der Waals surface area contributed by atoms with E-state index >= 15 is 0 Å². The number of nitrogens with one attached hydrogen (secondary N) is 1. The molecule has 0 saturated carbocycles. The first-order valence-corrected chi connectivity index (χ1v) is 5.06. The normalized spacial score (nSPS) is 11.5. The Morgan fingerprint density at radius 3 is 2.75 bits per heavy atom. The van der Waals surface area contributed by atoms with Crippen LogP contribution in [-0.2, 0) is 9.53 Å². The first kappa shape index (κ1) is 12.3. The summed E-state index contributed by atoms with van der Waals surface area (Å²) in [5.74, 6) is 1.91. The van der Waals surface area contributed by atoms with Crippen molar-refractivity contribution in [3.05, 3.63) is 35.9 Å². The van der Waals surface area contributed by atoms with Crippen LogP contribution in [0.25, 0.3) is 0 Å². The molecule has 0 spiro atoms. The van der Waals surface area contributed by atoms with Gasteiger partial charge in [-0.15, -0.1) is 6.42 Å². The SMILES string of the molecule is C#CCNCC(C(=O)OC)c1ccccc1. The fourth-order valence-corrected chi connectivity index (χ4v) is 1.45. The van der Waals surface area contributed by atoms with Crippen molar-refractivity contribution in [3.63, 3.8) is 0 Å². The number of benzene rings is 1. The number of hydrogen-bond donors (Lipinski definition) is 1. The molecule has 1 N–H and O–H groups in total. The van der Waals surface area contributed by atoms with Gasteiger partial charge >= 0.3 is 5.97 Å². The highest BCUT2D eigenvalue weighted by Gasteiger charge is 2.20. The van der Waals surface area contributed by atoms with E-state index in [0.29, 0.717) is 13.1 Å². The molecule has 0 aromatic heterocycles. The second-order valence-electron chi connectivity index (χ2n) is 3.32. The summed E-state index contributed by atoms with van der Waals surface area (Å²) in [4.78, 5) is 11.6. The van der Waals surface area contributed by atoms with Gasteiger partial charge in [0, 0.05) is 6.54 Å². The van der Waals surface area contributed by atoms with E-state index < -0.39 is 0 Å². The van der Waals surface area contributed by atoms with E-state index in [1.807, 2.05) is 30.3 Å². The Morgan fingerprint density at radius 2 is 2.19 bits per heavy atom. The predicted octanol–water partition coefficient (Wildman–Crippen LogP) is 1.17. The lowest BCUT2D eigenvalue weighted by Gasteiger charge is -2.14. The lowest BCUT2D eigenvalue weighted by Crippen LogP contribution is -2.28. The van der Waals surface area contributed by atoms with Crippen LogP contribution in [0.3, 0.4) is 0 Å². The third kappa shape index (κ3) is 3.41. The fourth-order valence-electron chi connectivity index (χ4n) is 1.45. The zero-order valence-corrected chi connectivity index (χ0v) is 9.27. The number of rotatable bonds is 5. The molecule has 1 atom stereocenters. The van der Waals surface area contributed by atoms with E-state index in [1.54, 1.807) is 0 Å². The smallest absolute Gasteiger partial charge is 0.314 e. The molecule has 0 aliphatic heterocycles. The topological polar surface area (TPSA) is 38.3 Å². The average Bonchev–Trinajstić information content (AvgIpc) is 2.35. The lowest BCUT2D eigenvalue weighted by atomic mass is 9.99. The van der Waals surface area contributed by atoms with Gasteiger partial charge in [-0.3, -0.25) is 4.79 Å². The van der Waals surface area contributed by atoms with Gasteiger partial charge in [-0.25, -0.2) is 0 Å². The van der Waals surface area contributed by atoms with Crippen molar-refractivity contribution in [2.45, 2.75) is 5.92 Å². The van der Waals surface area contributed by atoms with Crippen molar-refractivity contribution in [1.29, 1.82) is 0 Å². The monoisotopic (exact) mass is 217 g/mol. The lowest BCUT2D eigenvalue weighted by molar-refractivity contribution is -0.142. The van der Waals surface area contributed by atoms with Crippen LogP contribution in [0.1, 0.15) is 11.5 Å². The second-order valence-corrected chi connectivity index (χ2v) is 3.32. The Balaban J connectivity index is 2.72. The molecule has 0 aliphatic rings. The van der Waals surface area contributed by atoms with Gasteiger partial charge in [-0.05, 0) is 5.56 Å². The summed E-state index contributed by atoms with van der Waals surface area (Å²) in [6.07, 6.45) is 5.13. The molecule has 0 heterocycles. The molecule has 1 aromatic rings. The highest BCUT2D eigenvalue weighted by molar-refractivity contribution is 5.78. The summed E-state index contributed by atoms with van der Waals surface area (Å²) in [6, 6.07) is 9.50. The maximum atomic E-state index is 11.6. The van der Waals surface area contributed by atoms with E-state index in [0.717, 1.165) is 5.56 Å². The van der Waals surface area contributed by atoms with Crippen molar-refractivity contribution in [2.24, 2.45) is 0 Å². The standard InChI is InChI=1S/C13H15NO2/c1-3-9-14-10-12(13(15)16-2)11-7-5-4-6-8-11/h1,4-8,12,14H,9-10H2,2H3. The molecular weight excluding hydrogens is 202 g/mol. The molecule has 0 bridgehead atoms. The van der Waals surface area contributed by atoms with Crippen molar-refractivity contribution in [1.82, 2.24) is 5.32 Å². The van der Waals surface area contributed by atoms with Gasteiger partial charge in [0.15, 0.2) is 0 Å². The van der Waals surface area contributed by atoms with Gasteiger partial charge < -0.3 is 10.1 Å². The van der Waals surface area contributed by atoms with Gasteiger partial charge in [-0.2, -0.15) is 0 Å². The molecule has 0 aliphatic carbocycles.